The van der Waals surface area contributed by atoms with Crippen LogP contribution in [-0.2, 0) is 0 Å². The third-order valence-corrected chi connectivity index (χ3v) is 3.41. The monoisotopic (exact) mass is 233 g/mol. The summed E-state index contributed by atoms with van der Waals surface area (Å²) in [5.41, 5.74) is 2.32. The smallest absolute Gasteiger partial charge is 0.123 e. The van der Waals surface area contributed by atoms with E-state index in [0.717, 1.165) is 17.1 Å². The fourth-order valence-electron chi connectivity index (χ4n) is 1.38. The first-order valence-electron chi connectivity index (χ1n) is 5.66. The van der Waals surface area contributed by atoms with Crippen molar-refractivity contribution >= 4 is 23.0 Å². The molecule has 0 radical (unpaired) electrons. The zero-order chi connectivity index (χ0) is 12.0. The third-order valence-electron chi connectivity index (χ3n) is 2.24. The van der Waals surface area contributed by atoms with Gasteiger partial charge in [0.05, 0.1) is 10.6 Å². The van der Waals surface area contributed by atoms with Gasteiger partial charge in [0.25, 0.3) is 0 Å². The molecular weight excluding hydrogens is 214 g/mol. The number of hydrogen-bond acceptors (Lipinski definition) is 2. The number of aryl methyl sites for hydroxylation is 1. The minimum atomic E-state index is 1.07. The zero-order valence-electron chi connectivity index (χ0n) is 10.4. The van der Waals surface area contributed by atoms with E-state index in [9.17, 15) is 0 Å². The maximum atomic E-state index is 4.60. The minimum Gasteiger partial charge on any atom is -0.241 e. The molecule has 0 fully saturated rings. The minimum absolute atomic E-state index is 1.07. The van der Waals surface area contributed by atoms with E-state index in [2.05, 4.69) is 43.1 Å². The van der Waals surface area contributed by atoms with Gasteiger partial charge in [0.2, 0.25) is 0 Å². The van der Waals surface area contributed by atoms with Gasteiger partial charge >= 0.3 is 0 Å². The molecule has 0 bridgehead atoms. The van der Waals surface area contributed by atoms with E-state index in [-0.39, 0.29) is 0 Å². The van der Waals surface area contributed by atoms with Crippen LogP contribution in [0.3, 0.4) is 0 Å². The van der Waals surface area contributed by atoms with Crippen LogP contribution in [0.15, 0.2) is 24.3 Å². The maximum absolute atomic E-state index is 4.60. The Labute approximate surface area is 102 Å². The summed E-state index contributed by atoms with van der Waals surface area (Å²) < 4.78 is 0. The van der Waals surface area contributed by atoms with Crippen LogP contribution in [0.5, 0.6) is 0 Å². The predicted molar refractivity (Wildman–Crippen MR) is 74.6 cm³/mol. The summed E-state index contributed by atoms with van der Waals surface area (Å²) in [5.74, 6) is 0. The van der Waals surface area contributed by atoms with Crippen molar-refractivity contribution in [1.82, 2.24) is 4.98 Å². The topological polar surface area (TPSA) is 12.9 Å². The van der Waals surface area contributed by atoms with Gasteiger partial charge < -0.3 is 0 Å². The Bertz CT molecular complexity index is 422. The van der Waals surface area contributed by atoms with Crippen molar-refractivity contribution in [3.8, 4) is 0 Å². The van der Waals surface area contributed by atoms with Gasteiger partial charge in [-0.3, -0.25) is 0 Å². The molecule has 0 aliphatic rings. The summed E-state index contributed by atoms with van der Waals surface area (Å²) in [5, 5.41) is 1.11. The lowest BCUT2D eigenvalue weighted by Crippen LogP contribution is -1.79. The van der Waals surface area contributed by atoms with Gasteiger partial charge in [-0.2, -0.15) is 0 Å². The molecule has 16 heavy (non-hydrogen) atoms. The standard InChI is InChI=1S/C14H19NS/c1-5-8-10-13-11(4)15-14(16-13)12(7-3)9-6-2/h6-10H,5H2,1-4H3/b9-6-,10-8-,12-7+. The lowest BCUT2D eigenvalue weighted by atomic mass is 10.2. The Morgan fingerprint density at radius 1 is 1.38 bits per heavy atom. The number of rotatable bonds is 4. The number of hydrogen-bond donors (Lipinski definition) is 0. The molecule has 86 valence electrons. The number of allylic oxidation sites excluding steroid dienone is 5. The van der Waals surface area contributed by atoms with Gasteiger partial charge in [0.1, 0.15) is 5.01 Å². The van der Waals surface area contributed by atoms with Gasteiger partial charge in [0, 0.05) is 5.57 Å². The molecule has 0 aromatic carbocycles. The van der Waals surface area contributed by atoms with Crippen molar-refractivity contribution in [1.29, 1.82) is 0 Å². The fraction of sp³-hybridized carbons (Fsp3) is 0.357. The summed E-state index contributed by atoms with van der Waals surface area (Å²) in [6, 6.07) is 0. The molecule has 1 rings (SSSR count). The summed E-state index contributed by atoms with van der Waals surface area (Å²) in [6.45, 7) is 8.29. The largest absolute Gasteiger partial charge is 0.241 e. The zero-order valence-corrected chi connectivity index (χ0v) is 11.3. The summed E-state index contributed by atoms with van der Waals surface area (Å²) >= 11 is 1.75. The van der Waals surface area contributed by atoms with Crippen LogP contribution in [0.2, 0.25) is 0 Å². The lowest BCUT2D eigenvalue weighted by Gasteiger charge is -1.93. The Morgan fingerprint density at radius 2 is 2.12 bits per heavy atom. The van der Waals surface area contributed by atoms with Crippen LogP contribution >= 0.6 is 11.3 Å². The van der Waals surface area contributed by atoms with Crippen molar-refractivity contribution < 1.29 is 0 Å². The van der Waals surface area contributed by atoms with Crippen molar-refractivity contribution in [2.45, 2.75) is 34.1 Å². The number of thiazole rings is 1. The van der Waals surface area contributed by atoms with Gasteiger partial charge in [-0.25, -0.2) is 4.98 Å². The molecule has 1 aromatic rings. The van der Waals surface area contributed by atoms with Crippen LogP contribution in [0, 0.1) is 6.92 Å². The second-order valence-corrected chi connectivity index (χ2v) is 4.55. The Kier molecular flexibility index (Phi) is 5.20. The Balaban J connectivity index is 3.04. The molecule has 0 aliphatic heterocycles. The Hall–Kier alpha value is -1.15. The quantitative estimate of drug-likeness (QED) is 0.677. The Morgan fingerprint density at radius 3 is 2.69 bits per heavy atom. The van der Waals surface area contributed by atoms with Crippen LogP contribution in [-0.4, -0.2) is 4.98 Å². The van der Waals surface area contributed by atoms with Gasteiger partial charge in [-0.05, 0) is 33.3 Å². The molecule has 0 spiro atoms. The summed E-state index contributed by atoms with van der Waals surface area (Å²) in [7, 11) is 0. The first kappa shape index (κ1) is 12.9. The SMILES string of the molecule is C/C=C\C(=C/C)c1nc(C)c(/C=C\CC)s1. The van der Waals surface area contributed by atoms with E-state index in [1.54, 1.807) is 11.3 Å². The molecule has 1 nitrogen and oxygen atoms in total. The summed E-state index contributed by atoms with van der Waals surface area (Å²) in [6.07, 6.45) is 11.7. The second kappa shape index (κ2) is 6.44. The maximum Gasteiger partial charge on any atom is 0.123 e. The molecule has 0 saturated heterocycles. The second-order valence-electron chi connectivity index (χ2n) is 3.52. The molecular formula is C14H19NS. The normalized spacial score (nSPS) is 13.1. The molecule has 0 atom stereocenters. The number of aromatic nitrogens is 1. The van der Waals surface area contributed by atoms with Crippen LogP contribution < -0.4 is 0 Å². The lowest BCUT2D eigenvalue weighted by molar-refractivity contribution is 1.22. The predicted octanol–water partition coefficient (Wildman–Crippen LogP) is 4.85. The van der Waals surface area contributed by atoms with E-state index < -0.39 is 0 Å². The van der Waals surface area contributed by atoms with Crippen LogP contribution in [0.1, 0.15) is 42.8 Å². The summed E-state index contributed by atoms with van der Waals surface area (Å²) in [4.78, 5) is 5.87. The van der Waals surface area contributed by atoms with Gasteiger partial charge in [-0.1, -0.05) is 31.2 Å². The van der Waals surface area contributed by atoms with E-state index in [4.69, 9.17) is 0 Å². The molecule has 0 amide bonds. The van der Waals surface area contributed by atoms with E-state index in [1.165, 1.54) is 10.5 Å². The van der Waals surface area contributed by atoms with Crippen molar-refractivity contribution in [2.75, 3.05) is 0 Å². The van der Waals surface area contributed by atoms with Crippen LogP contribution in [0.25, 0.3) is 11.6 Å². The third kappa shape index (κ3) is 3.17. The molecule has 1 aromatic heterocycles. The van der Waals surface area contributed by atoms with Crippen molar-refractivity contribution in [2.24, 2.45) is 0 Å². The molecule has 2 heteroatoms. The molecule has 0 aliphatic carbocycles. The van der Waals surface area contributed by atoms with E-state index >= 15 is 0 Å². The highest BCUT2D eigenvalue weighted by Crippen LogP contribution is 2.26. The molecule has 0 saturated carbocycles. The van der Waals surface area contributed by atoms with Gasteiger partial charge in [-0.15, -0.1) is 11.3 Å². The van der Waals surface area contributed by atoms with Crippen molar-refractivity contribution in [3.05, 3.63) is 39.9 Å². The first-order valence-corrected chi connectivity index (χ1v) is 6.47. The highest BCUT2D eigenvalue weighted by atomic mass is 32.1. The number of nitrogens with zero attached hydrogens (tertiary/aromatic N) is 1. The van der Waals surface area contributed by atoms with Gasteiger partial charge in [0.15, 0.2) is 0 Å². The fourth-order valence-corrected chi connectivity index (χ4v) is 2.43. The van der Waals surface area contributed by atoms with E-state index in [0.29, 0.717) is 0 Å². The molecule has 0 unspecified atom stereocenters. The molecule has 0 N–H and O–H groups in total. The van der Waals surface area contributed by atoms with Crippen molar-refractivity contribution in [3.63, 3.8) is 0 Å². The first-order chi connectivity index (χ1) is 7.72. The average molecular weight is 233 g/mol. The molecule has 1 heterocycles. The highest BCUT2D eigenvalue weighted by Gasteiger charge is 2.06. The van der Waals surface area contributed by atoms with Crippen LogP contribution in [0.4, 0.5) is 0 Å². The average Bonchev–Trinajstić information content (AvgIpc) is 2.64. The van der Waals surface area contributed by atoms with E-state index in [1.807, 2.05) is 19.9 Å². The highest BCUT2D eigenvalue weighted by molar-refractivity contribution is 7.13.